The van der Waals surface area contributed by atoms with Gasteiger partial charge in [-0.05, 0) is 24.6 Å². The lowest BCUT2D eigenvalue weighted by molar-refractivity contribution is 1.40. The number of hydrogen-bond acceptors (Lipinski definition) is 2. The normalized spacial score (nSPS) is 9.55. The first-order chi connectivity index (χ1) is 5.11. The van der Waals surface area contributed by atoms with Crippen molar-refractivity contribution in [2.45, 2.75) is 6.92 Å². The maximum absolute atomic E-state index is 7.14. The van der Waals surface area contributed by atoms with Gasteiger partial charge in [0.2, 0.25) is 0 Å². The van der Waals surface area contributed by atoms with Gasteiger partial charge in [0.25, 0.3) is 0 Å². The first-order valence-electron chi connectivity index (χ1n) is 3.32. The van der Waals surface area contributed by atoms with E-state index in [1.54, 1.807) is 12.1 Å². The zero-order valence-corrected chi connectivity index (χ0v) is 6.39. The summed E-state index contributed by atoms with van der Waals surface area (Å²) in [5.74, 6) is 0.0162. The molecule has 3 heteroatoms. The van der Waals surface area contributed by atoms with Crippen LogP contribution in [0.3, 0.4) is 0 Å². The summed E-state index contributed by atoms with van der Waals surface area (Å²) < 4.78 is 0. The van der Waals surface area contributed by atoms with E-state index in [4.69, 9.17) is 16.9 Å². The molecule has 0 amide bonds. The smallest absolute Gasteiger partial charge is 0.124 e. The number of aryl methyl sites for hydroxylation is 1. The minimum Gasteiger partial charge on any atom is -0.398 e. The standard InChI is InChI=1S/C8H11N3/c1-5-2-3-6(8(10)11)7(9)4-5/h2-4H,9H2,1H3,(H3,10,11). The van der Waals surface area contributed by atoms with Crippen molar-refractivity contribution < 1.29 is 0 Å². The lowest BCUT2D eigenvalue weighted by Crippen LogP contribution is -2.13. The van der Waals surface area contributed by atoms with Crippen molar-refractivity contribution in [3.8, 4) is 0 Å². The molecule has 11 heavy (non-hydrogen) atoms. The summed E-state index contributed by atoms with van der Waals surface area (Å²) in [5, 5.41) is 7.14. The Morgan fingerprint density at radius 1 is 1.45 bits per heavy atom. The average Bonchev–Trinajstić information content (AvgIpc) is 1.85. The van der Waals surface area contributed by atoms with Crippen molar-refractivity contribution in [1.29, 1.82) is 5.41 Å². The summed E-state index contributed by atoms with van der Waals surface area (Å²) in [6.45, 7) is 1.94. The second-order valence-electron chi connectivity index (χ2n) is 2.50. The second-order valence-corrected chi connectivity index (χ2v) is 2.50. The van der Waals surface area contributed by atoms with Crippen LogP contribution in [0, 0.1) is 12.3 Å². The number of amidine groups is 1. The Morgan fingerprint density at radius 3 is 2.55 bits per heavy atom. The topological polar surface area (TPSA) is 75.9 Å². The number of nitrogens with two attached hydrogens (primary N) is 2. The zero-order chi connectivity index (χ0) is 8.43. The molecule has 1 aromatic carbocycles. The van der Waals surface area contributed by atoms with E-state index in [0.717, 1.165) is 5.56 Å². The third-order valence-electron chi connectivity index (χ3n) is 1.50. The summed E-state index contributed by atoms with van der Waals surface area (Å²) in [7, 11) is 0. The molecule has 1 aromatic rings. The van der Waals surface area contributed by atoms with E-state index in [1.807, 2.05) is 13.0 Å². The molecule has 0 unspecified atom stereocenters. The summed E-state index contributed by atoms with van der Waals surface area (Å²) in [5.41, 5.74) is 13.1. The third-order valence-corrected chi connectivity index (χ3v) is 1.50. The van der Waals surface area contributed by atoms with Crippen molar-refractivity contribution in [3.05, 3.63) is 29.3 Å². The van der Waals surface area contributed by atoms with Gasteiger partial charge in [-0.3, -0.25) is 5.41 Å². The summed E-state index contributed by atoms with van der Waals surface area (Å²) in [6.07, 6.45) is 0. The van der Waals surface area contributed by atoms with Gasteiger partial charge in [0.1, 0.15) is 5.84 Å². The van der Waals surface area contributed by atoms with Crippen LogP contribution in [-0.4, -0.2) is 5.84 Å². The van der Waals surface area contributed by atoms with Crippen LogP contribution in [0.4, 0.5) is 5.69 Å². The Hall–Kier alpha value is -1.51. The molecule has 0 aromatic heterocycles. The lowest BCUT2D eigenvalue weighted by Gasteiger charge is -2.03. The van der Waals surface area contributed by atoms with Crippen LogP contribution in [-0.2, 0) is 0 Å². The van der Waals surface area contributed by atoms with Gasteiger partial charge < -0.3 is 11.5 Å². The van der Waals surface area contributed by atoms with Gasteiger partial charge in [-0.15, -0.1) is 0 Å². The monoisotopic (exact) mass is 149 g/mol. The minimum atomic E-state index is 0.0162. The zero-order valence-electron chi connectivity index (χ0n) is 6.39. The summed E-state index contributed by atoms with van der Waals surface area (Å²) >= 11 is 0. The highest BCUT2D eigenvalue weighted by atomic mass is 14.7. The van der Waals surface area contributed by atoms with Crippen molar-refractivity contribution in [2.24, 2.45) is 5.73 Å². The van der Waals surface area contributed by atoms with Crippen LogP contribution in [0.1, 0.15) is 11.1 Å². The lowest BCUT2D eigenvalue weighted by atomic mass is 10.1. The Bertz CT molecular complexity index is 291. The molecule has 0 aliphatic carbocycles. The molecule has 5 N–H and O–H groups in total. The van der Waals surface area contributed by atoms with Crippen LogP contribution in [0.5, 0.6) is 0 Å². The van der Waals surface area contributed by atoms with E-state index < -0.39 is 0 Å². The molecular formula is C8H11N3. The Kier molecular flexibility index (Phi) is 1.81. The van der Waals surface area contributed by atoms with E-state index >= 15 is 0 Å². The maximum Gasteiger partial charge on any atom is 0.124 e. The molecular weight excluding hydrogens is 138 g/mol. The van der Waals surface area contributed by atoms with Gasteiger partial charge in [-0.1, -0.05) is 6.07 Å². The summed E-state index contributed by atoms with van der Waals surface area (Å²) in [4.78, 5) is 0. The van der Waals surface area contributed by atoms with Gasteiger partial charge >= 0.3 is 0 Å². The van der Waals surface area contributed by atoms with Crippen LogP contribution < -0.4 is 11.5 Å². The van der Waals surface area contributed by atoms with Gasteiger partial charge in [-0.25, -0.2) is 0 Å². The van der Waals surface area contributed by atoms with Gasteiger partial charge in [0.15, 0.2) is 0 Å². The van der Waals surface area contributed by atoms with E-state index in [-0.39, 0.29) is 5.84 Å². The molecule has 1 rings (SSSR count). The molecule has 0 radical (unpaired) electrons. The first-order valence-corrected chi connectivity index (χ1v) is 3.32. The van der Waals surface area contributed by atoms with Crippen molar-refractivity contribution >= 4 is 11.5 Å². The van der Waals surface area contributed by atoms with Gasteiger partial charge in [0, 0.05) is 11.3 Å². The number of nitrogen functional groups attached to an aromatic ring is 2. The van der Waals surface area contributed by atoms with Gasteiger partial charge in [0.05, 0.1) is 0 Å². The minimum absolute atomic E-state index is 0.0162. The number of nitrogens with one attached hydrogen (secondary N) is 1. The van der Waals surface area contributed by atoms with Crippen LogP contribution in [0.25, 0.3) is 0 Å². The van der Waals surface area contributed by atoms with E-state index in [9.17, 15) is 0 Å². The van der Waals surface area contributed by atoms with Gasteiger partial charge in [-0.2, -0.15) is 0 Å². The predicted octanol–water partition coefficient (Wildman–Crippen LogP) is 0.861. The Balaban J connectivity index is 3.20. The van der Waals surface area contributed by atoms with Crippen molar-refractivity contribution in [1.82, 2.24) is 0 Å². The fraction of sp³-hybridized carbons (Fsp3) is 0.125. The SMILES string of the molecule is Cc1ccc(C(=N)N)c(N)c1. The van der Waals surface area contributed by atoms with E-state index in [1.165, 1.54) is 0 Å². The Morgan fingerprint density at radius 2 is 2.09 bits per heavy atom. The average molecular weight is 149 g/mol. The molecule has 58 valence electrons. The van der Waals surface area contributed by atoms with Crippen molar-refractivity contribution in [3.63, 3.8) is 0 Å². The van der Waals surface area contributed by atoms with Crippen LogP contribution >= 0.6 is 0 Å². The molecule has 0 aliphatic heterocycles. The van der Waals surface area contributed by atoms with Crippen LogP contribution in [0.15, 0.2) is 18.2 Å². The molecule has 0 saturated carbocycles. The Labute approximate surface area is 65.5 Å². The maximum atomic E-state index is 7.14. The van der Waals surface area contributed by atoms with E-state index in [2.05, 4.69) is 0 Å². The van der Waals surface area contributed by atoms with E-state index in [0.29, 0.717) is 11.3 Å². The first kappa shape index (κ1) is 7.60. The van der Waals surface area contributed by atoms with Crippen LogP contribution in [0.2, 0.25) is 0 Å². The molecule has 0 aliphatic rings. The molecule has 3 nitrogen and oxygen atoms in total. The van der Waals surface area contributed by atoms with Crippen molar-refractivity contribution in [2.75, 3.05) is 5.73 Å². The largest absolute Gasteiger partial charge is 0.398 e. The fourth-order valence-electron chi connectivity index (χ4n) is 0.927. The molecule has 0 fully saturated rings. The summed E-state index contributed by atoms with van der Waals surface area (Å²) in [6, 6.07) is 5.44. The molecule has 0 bridgehead atoms. The number of hydrogen-bond donors (Lipinski definition) is 3. The number of rotatable bonds is 1. The molecule has 0 atom stereocenters. The number of benzene rings is 1. The molecule has 0 saturated heterocycles. The second kappa shape index (κ2) is 2.62. The third kappa shape index (κ3) is 1.49. The predicted molar refractivity (Wildman–Crippen MR) is 46.6 cm³/mol. The fourth-order valence-corrected chi connectivity index (χ4v) is 0.927. The quantitative estimate of drug-likeness (QED) is 0.314. The number of anilines is 1. The highest BCUT2D eigenvalue weighted by Crippen LogP contribution is 2.12. The highest BCUT2D eigenvalue weighted by molar-refractivity contribution is 5.99. The molecule has 0 heterocycles. The molecule has 0 spiro atoms. The highest BCUT2D eigenvalue weighted by Gasteiger charge is 2.00.